The molecule has 0 fully saturated rings. The number of amidine groups is 1. The van der Waals surface area contributed by atoms with Gasteiger partial charge >= 0.3 is 0 Å². The van der Waals surface area contributed by atoms with Crippen molar-refractivity contribution in [3.05, 3.63) is 108 Å². The molecular formula is C23H20N2O2S. The Morgan fingerprint density at radius 3 is 2.11 bits per heavy atom. The first-order valence-corrected chi connectivity index (χ1v) is 9.84. The van der Waals surface area contributed by atoms with Gasteiger partial charge in [0.2, 0.25) is 0 Å². The normalized spacial score (nSPS) is 19.4. The fourth-order valence-corrected chi connectivity index (χ4v) is 3.87. The second-order valence-electron chi connectivity index (χ2n) is 6.63. The third-order valence-electron chi connectivity index (χ3n) is 4.66. The van der Waals surface area contributed by atoms with E-state index in [9.17, 15) is 4.79 Å². The number of nitrogens with zero attached hydrogens (tertiary/aromatic N) is 2. The smallest absolute Gasteiger partial charge is 0.270 e. The zero-order valence-electron chi connectivity index (χ0n) is 15.5. The van der Waals surface area contributed by atoms with Crippen LogP contribution in [0.25, 0.3) is 0 Å². The number of hydrogen-bond donors (Lipinski definition) is 0. The molecule has 1 heterocycles. The first-order chi connectivity index (χ1) is 13.7. The van der Waals surface area contributed by atoms with Gasteiger partial charge < -0.3 is 0 Å². The Bertz CT molecular complexity index is 977. The summed E-state index contributed by atoms with van der Waals surface area (Å²) in [5.41, 5.74) is 2.73. The minimum atomic E-state index is -0.851. The summed E-state index contributed by atoms with van der Waals surface area (Å²) < 4.78 is 3.84. The van der Waals surface area contributed by atoms with Gasteiger partial charge in [-0.15, -0.1) is 0 Å². The topological polar surface area (TPSA) is 41.9 Å². The van der Waals surface area contributed by atoms with Crippen molar-refractivity contribution >= 4 is 23.7 Å². The van der Waals surface area contributed by atoms with Crippen LogP contribution in [0.4, 0.5) is 0 Å². The van der Waals surface area contributed by atoms with Gasteiger partial charge in [0, 0.05) is 5.56 Å². The molecule has 0 saturated carbocycles. The number of carbonyl (C=O) groups excluding carboxylic acids is 1. The standard InChI is InChI=1S/C23H20N2O2S/c1-23(20-15-9-4-10-16-20)22(26)25(27-17-18-11-5-2-6-12-18)21(24-28-23)19-13-7-3-8-14-19/h2-16H,17H2,1H3/t23-/m0/s1. The zero-order chi connectivity index (χ0) is 19.4. The fourth-order valence-electron chi connectivity index (χ4n) is 3.02. The van der Waals surface area contributed by atoms with Gasteiger partial charge in [0.1, 0.15) is 11.4 Å². The van der Waals surface area contributed by atoms with Crippen molar-refractivity contribution in [1.82, 2.24) is 5.06 Å². The predicted octanol–water partition coefficient (Wildman–Crippen LogP) is 4.97. The predicted molar refractivity (Wildman–Crippen MR) is 112 cm³/mol. The molecule has 5 heteroatoms. The number of amides is 1. The maximum Gasteiger partial charge on any atom is 0.274 e. The molecule has 0 saturated heterocycles. The molecule has 3 aromatic carbocycles. The van der Waals surface area contributed by atoms with Crippen LogP contribution in [0.1, 0.15) is 23.6 Å². The Kier molecular flexibility index (Phi) is 5.28. The molecule has 0 unspecified atom stereocenters. The number of hydrogen-bond acceptors (Lipinski definition) is 4. The summed E-state index contributed by atoms with van der Waals surface area (Å²) in [7, 11) is 0. The van der Waals surface area contributed by atoms with Gasteiger partial charge in [-0.2, -0.15) is 9.46 Å². The second-order valence-corrected chi connectivity index (χ2v) is 7.81. The molecular weight excluding hydrogens is 368 g/mol. The van der Waals surface area contributed by atoms with Crippen molar-refractivity contribution in [2.24, 2.45) is 4.40 Å². The second kappa shape index (κ2) is 8.00. The van der Waals surface area contributed by atoms with Crippen LogP contribution >= 0.6 is 11.9 Å². The zero-order valence-corrected chi connectivity index (χ0v) is 16.3. The van der Waals surface area contributed by atoms with Crippen LogP contribution in [0.2, 0.25) is 0 Å². The molecule has 0 N–H and O–H groups in total. The van der Waals surface area contributed by atoms with E-state index in [1.807, 2.05) is 97.9 Å². The summed E-state index contributed by atoms with van der Waals surface area (Å²) in [6.45, 7) is 2.17. The molecule has 1 aliphatic heterocycles. The van der Waals surface area contributed by atoms with Crippen LogP contribution in [0.3, 0.4) is 0 Å². The van der Waals surface area contributed by atoms with E-state index in [4.69, 9.17) is 4.84 Å². The number of hydroxylamine groups is 2. The lowest BCUT2D eigenvalue weighted by Gasteiger charge is -2.36. The summed E-state index contributed by atoms with van der Waals surface area (Å²) in [5.74, 6) is 0.369. The van der Waals surface area contributed by atoms with Crippen molar-refractivity contribution in [3.8, 4) is 0 Å². The summed E-state index contributed by atoms with van der Waals surface area (Å²) in [4.78, 5) is 19.6. The van der Waals surface area contributed by atoms with Crippen LogP contribution in [-0.4, -0.2) is 16.8 Å². The highest BCUT2D eigenvalue weighted by molar-refractivity contribution is 8.00. The van der Waals surface area contributed by atoms with E-state index in [0.717, 1.165) is 16.7 Å². The summed E-state index contributed by atoms with van der Waals surface area (Å²) in [6, 6.07) is 29.1. The molecule has 28 heavy (non-hydrogen) atoms. The number of benzene rings is 3. The Morgan fingerprint density at radius 2 is 1.46 bits per heavy atom. The Hall–Kier alpha value is -2.89. The van der Waals surface area contributed by atoms with E-state index in [1.54, 1.807) is 0 Å². The highest BCUT2D eigenvalue weighted by Crippen LogP contribution is 2.42. The quantitative estimate of drug-likeness (QED) is 0.580. The van der Waals surface area contributed by atoms with Crippen molar-refractivity contribution in [2.45, 2.75) is 18.3 Å². The largest absolute Gasteiger partial charge is 0.274 e. The molecule has 4 rings (SSSR count). The molecule has 0 aromatic heterocycles. The highest BCUT2D eigenvalue weighted by atomic mass is 32.2. The van der Waals surface area contributed by atoms with E-state index in [-0.39, 0.29) is 12.5 Å². The Labute approximate surface area is 169 Å². The average molecular weight is 388 g/mol. The van der Waals surface area contributed by atoms with Crippen molar-refractivity contribution in [3.63, 3.8) is 0 Å². The first-order valence-electron chi connectivity index (χ1n) is 9.07. The number of carbonyl (C=O) groups is 1. The highest BCUT2D eigenvalue weighted by Gasteiger charge is 2.45. The van der Waals surface area contributed by atoms with Crippen molar-refractivity contribution in [2.75, 3.05) is 0 Å². The van der Waals surface area contributed by atoms with E-state index >= 15 is 0 Å². The summed E-state index contributed by atoms with van der Waals surface area (Å²) in [6.07, 6.45) is 0. The summed E-state index contributed by atoms with van der Waals surface area (Å²) in [5, 5.41) is 1.35. The lowest BCUT2D eigenvalue weighted by molar-refractivity contribution is -0.169. The molecule has 4 nitrogen and oxygen atoms in total. The number of rotatable bonds is 5. The lowest BCUT2D eigenvalue weighted by atomic mass is 9.98. The van der Waals surface area contributed by atoms with Gasteiger partial charge in [0.05, 0.1) is 0 Å². The molecule has 0 spiro atoms. The van der Waals surface area contributed by atoms with Gasteiger partial charge in [-0.05, 0) is 30.0 Å². The van der Waals surface area contributed by atoms with Crippen LogP contribution in [-0.2, 0) is 21.0 Å². The van der Waals surface area contributed by atoms with Crippen LogP contribution in [0.15, 0.2) is 95.4 Å². The van der Waals surface area contributed by atoms with E-state index in [1.165, 1.54) is 17.0 Å². The third-order valence-corrected chi connectivity index (χ3v) is 5.70. The molecule has 140 valence electrons. The maximum absolute atomic E-state index is 13.6. The van der Waals surface area contributed by atoms with Crippen LogP contribution < -0.4 is 0 Å². The maximum atomic E-state index is 13.6. The third kappa shape index (κ3) is 3.59. The fraction of sp³-hybridized carbons (Fsp3) is 0.130. The molecule has 3 aromatic rings. The van der Waals surface area contributed by atoms with Gasteiger partial charge in [-0.1, -0.05) is 91.0 Å². The minimum absolute atomic E-state index is 0.145. The SMILES string of the molecule is C[C@@]1(c2ccccc2)SN=C(c2ccccc2)N(OCc2ccccc2)C1=O. The van der Waals surface area contributed by atoms with Crippen molar-refractivity contribution in [1.29, 1.82) is 0 Å². The Morgan fingerprint density at radius 1 is 0.893 bits per heavy atom. The lowest BCUT2D eigenvalue weighted by Crippen LogP contribution is -2.49. The van der Waals surface area contributed by atoms with Gasteiger partial charge in [0.15, 0.2) is 5.84 Å². The van der Waals surface area contributed by atoms with Gasteiger partial charge in [-0.25, -0.2) is 0 Å². The molecule has 0 bridgehead atoms. The van der Waals surface area contributed by atoms with Gasteiger partial charge in [-0.3, -0.25) is 9.63 Å². The van der Waals surface area contributed by atoms with Crippen LogP contribution in [0, 0.1) is 0 Å². The van der Waals surface area contributed by atoms with Gasteiger partial charge in [0.25, 0.3) is 5.91 Å². The molecule has 0 radical (unpaired) electrons. The van der Waals surface area contributed by atoms with E-state index in [2.05, 4.69) is 4.40 Å². The average Bonchev–Trinajstić information content (AvgIpc) is 2.77. The van der Waals surface area contributed by atoms with E-state index < -0.39 is 4.75 Å². The minimum Gasteiger partial charge on any atom is -0.270 e. The van der Waals surface area contributed by atoms with Crippen molar-refractivity contribution < 1.29 is 9.63 Å². The Balaban J connectivity index is 1.70. The molecule has 1 amide bonds. The van der Waals surface area contributed by atoms with Crippen LogP contribution in [0.5, 0.6) is 0 Å². The monoisotopic (exact) mass is 388 g/mol. The summed E-state index contributed by atoms with van der Waals surface area (Å²) >= 11 is 1.27. The molecule has 1 aliphatic rings. The first kappa shape index (κ1) is 18.5. The molecule has 0 aliphatic carbocycles. The molecule has 1 atom stereocenters. The van der Waals surface area contributed by atoms with E-state index in [0.29, 0.717) is 5.84 Å².